The summed E-state index contributed by atoms with van der Waals surface area (Å²) in [6.45, 7) is 1.99. The highest BCUT2D eigenvalue weighted by Crippen LogP contribution is 1.95. The summed E-state index contributed by atoms with van der Waals surface area (Å²) in [6.07, 6.45) is 3.94. The van der Waals surface area contributed by atoms with E-state index in [1.54, 1.807) is 0 Å². The van der Waals surface area contributed by atoms with Crippen LogP contribution in [0.2, 0.25) is 0 Å². The summed E-state index contributed by atoms with van der Waals surface area (Å²) in [5, 5.41) is 7.02. The molecule has 0 aliphatic carbocycles. The van der Waals surface area contributed by atoms with Gasteiger partial charge in [-0.05, 0) is 19.1 Å². The molecule has 2 aromatic heterocycles. The van der Waals surface area contributed by atoms with Gasteiger partial charge in [0.05, 0.1) is 29.3 Å². The van der Waals surface area contributed by atoms with Crippen molar-refractivity contribution < 1.29 is 21.5 Å². The lowest BCUT2D eigenvalue weighted by molar-refractivity contribution is -0.599. The Morgan fingerprint density at radius 2 is 1.92 bits per heavy atom. The maximum atomic E-state index is 4.12. The van der Waals surface area contributed by atoms with Gasteiger partial charge in [-0.1, -0.05) is 6.07 Å². The van der Waals surface area contributed by atoms with E-state index in [1.165, 1.54) is 0 Å². The predicted octanol–water partition coefficient (Wildman–Crippen LogP) is -2.00. The molecule has 0 aromatic carbocycles. The average molecular weight is 240 g/mol. The molecule has 0 spiro atoms. The van der Waals surface area contributed by atoms with E-state index in [9.17, 15) is 0 Å². The number of hydrogen-bond acceptors (Lipinski definition) is 1. The minimum absolute atomic E-state index is 0. The van der Waals surface area contributed by atoms with Crippen LogP contribution < -0.4 is 21.5 Å². The molecule has 2 heterocycles. The van der Waals surface area contributed by atoms with E-state index in [0.717, 1.165) is 11.5 Å². The molecule has 0 saturated carbocycles. The zero-order valence-electron chi connectivity index (χ0n) is 7.24. The SMILES string of the molecule is Cc1cc(-[n+]2ccccc2)n[nH]1.[Br-]. The number of aromatic amines is 1. The van der Waals surface area contributed by atoms with E-state index >= 15 is 0 Å². The van der Waals surface area contributed by atoms with Gasteiger partial charge in [-0.2, -0.15) is 5.10 Å². The molecule has 0 atom stereocenters. The van der Waals surface area contributed by atoms with Gasteiger partial charge in [0.25, 0.3) is 0 Å². The highest BCUT2D eigenvalue weighted by atomic mass is 79.9. The molecule has 2 aromatic rings. The molecule has 13 heavy (non-hydrogen) atoms. The fraction of sp³-hybridized carbons (Fsp3) is 0.111. The third-order valence-corrected chi connectivity index (χ3v) is 1.67. The first-order chi connectivity index (χ1) is 5.86. The number of aromatic nitrogens is 3. The van der Waals surface area contributed by atoms with Crippen LogP contribution in [0.5, 0.6) is 0 Å². The first-order valence-corrected chi connectivity index (χ1v) is 3.85. The van der Waals surface area contributed by atoms with Crippen LogP contribution in [-0.4, -0.2) is 10.2 Å². The molecule has 68 valence electrons. The Hall–Kier alpha value is -1.16. The first-order valence-electron chi connectivity index (χ1n) is 3.85. The van der Waals surface area contributed by atoms with Gasteiger partial charge in [-0.25, -0.2) is 4.57 Å². The molecule has 0 bridgehead atoms. The van der Waals surface area contributed by atoms with Crippen LogP contribution in [0.15, 0.2) is 36.7 Å². The Morgan fingerprint density at radius 1 is 1.23 bits per heavy atom. The molecule has 3 nitrogen and oxygen atoms in total. The molecule has 0 radical (unpaired) electrons. The number of aryl methyl sites for hydroxylation is 1. The van der Waals surface area contributed by atoms with Crippen LogP contribution in [0.3, 0.4) is 0 Å². The third kappa shape index (κ3) is 2.15. The molecule has 0 unspecified atom stereocenters. The average Bonchev–Trinajstić information content (AvgIpc) is 2.54. The first kappa shape index (κ1) is 9.92. The molecule has 0 saturated heterocycles. The van der Waals surface area contributed by atoms with E-state index in [-0.39, 0.29) is 17.0 Å². The zero-order chi connectivity index (χ0) is 8.39. The number of H-pyrrole nitrogens is 1. The molecular formula is C9H10BrN3. The van der Waals surface area contributed by atoms with Crippen LogP contribution in [0, 0.1) is 6.92 Å². The zero-order valence-corrected chi connectivity index (χ0v) is 8.82. The van der Waals surface area contributed by atoms with Crippen molar-refractivity contribution in [2.75, 3.05) is 0 Å². The minimum atomic E-state index is 0. The Kier molecular flexibility index (Phi) is 3.19. The molecule has 4 heteroatoms. The van der Waals surface area contributed by atoms with Gasteiger partial charge >= 0.3 is 5.82 Å². The second kappa shape index (κ2) is 4.18. The van der Waals surface area contributed by atoms with Crippen molar-refractivity contribution in [1.29, 1.82) is 0 Å². The quantitative estimate of drug-likeness (QED) is 0.574. The summed E-state index contributed by atoms with van der Waals surface area (Å²) < 4.78 is 1.96. The van der Waals surface area contributed by atoms with Crippen LogP contribution in [0.25, 0.3) is 5.82 Å². The number of nitrogens with one attached hydrogen (secondary N) is 1. The van der Waals surface area contributed by atoms with E-state index in [2.05, 4.69) is 10.2 Å². The molecule has 0 fully saturated rings. The van der Waals surface area contributed by atoms with Crippen LogP contribution in [-0.2, 0) is 0 Å². The predicted molar refractivity (Wildman–Crippen MR) is 44.9 cm³/mol. The van der Waals surface area contributed by atoms with Gasteiger partial charge in [-0.15, -0.1) is 0 Å². The van der Waals surface area contributed by atoms with Gasteiger partial charge in [0.2, 0.25) is 0 Å². The fourth-order valence-corrected chi connectivity index (χ4v) is 1.09. The van der Waals surface area contributed by atoms with E-state index in [1.807, 2.05) is 48.1 Å². The maximum Gasteiger partial charge on any atom is 0.354 e. The summed E-state index contributed by atoms with van der Waals surface area (Å²) in [5.74, 6) is 0.924. The number of nitrogens with zero attached hydrogens (tertiary/aromatic N) is 2. The number of hydrogen-bond donors (Lipinski definition) is 1. The number of pyridine rings is 1. The van der Waals surface area contributed by atoms with Crippen molar-refractivity contribution in [2.45, 2.75) is 6.92 Å². The summed E-state index contributed by atoms with van der Waals surface area (Å²) in [5.41, 5.74) is 1.07. The standard InChI is InChI=1S/C9H10N3.BrH/c1-8-7-9(11-10-8)12-5-3-2-4-6-12;/h2-7H,1H3,(H,10,11);1H/q+1;/p-1. The summed E-state index contributed by atoms with van der Waals surface area (Å²) in [4.78, 5) is 0. The number of rotatable bonds is 1. The Labute approximate surface area is 87.2 Å². The lowest BCUT2D eigenvalue weighted by Crippen LogP contribution is -3.00. The largest absolute Gasteiger partial charge is 1.00 e. The Morgan fingerprint density at radius 3 is 2.46 bits per heavy atom. The monoisotopic (exact) mass is 239 g/mol. The topological polar surface area (TPSA) is 32.6 Å². The third-order valence-electron chi connectivity index (χ3n) is 1.67. The van der Waals surface area contributed by atoms with Gasteiger partial charge in [0.15, 0.2) is 0 Å². The molecule has 1 N–H and O–H groups in total. The van der Waals surface area contributed by atoms with Crippen molar-refractivity contribution in [3.8, 4) is 5.82 Å². The maximum absolute atomic E-state index is 4.12. The number of halogens is 1. The van der Waals surface area contributed by atoms with Crippen LogP contribution >= 0.6 is 0 Å². The highest BCUT2D eigenvalue weighted by Gasteiger charge is 2.07. The summed E-state index contributed by atoms with van der Waals surface area (Å²) in [7, 11) is 0. The fourth-order valence-electron chi connectivity index (χ4n) is 1.09. The van der Waals surface area contributed by atoms with Crippen LogP contribution in [0.4, 0.5) is 0 Å². The lowest BCUT2D eigenvalue weighted by Gasteiger charge is -1.87. The highest BCUT2D eigenvalue weighted by molar-refractivity contribution is 5.12. The van der Waals surface area contributed by atoms with Crippen molar-refractivity contribution in [3.05, 3.63) is 42.4 Å². The van der Waals surface area contributed by atoms with Crippen molar-refractivity contribution in [1.82, 2.24) is 10.2 Å². The van der Waals surface area contributed by atoms with Crippen LogP contribution in [0.1, 0.15) is 5.69 Å². The molecule has 0 aliphatic heterocycles. The summed E-state index contributed by atoms with van der Waals surface area (Å²) >= 11 is 0. The lowest BCUT2D eigenvalue weighted by atomic mass is 10.4. The molecule has 2 rings (SSSR count). The normalized spacial score (nSPS) is 9.31. The minimum Gasteiger partial charge on any atom is -1.00 e. The van der Waals surface area contributed by atoms with E-state index in [4.69, 9.17) is 0 Å². The van der Waals surface area contributed by atoms with Gasteiger partial charge in [0.1, 0.15) is 0 Å². The Bertz CT molecular complexity index is 369. The molecular weight excluding hydrogens is 230 g/mol. The van der Waals surface area contributed by atoms with Gasteiger partial charge < -0.3 is 17.0 Å². The van der Waals surface area contributed by atoms with Crippen molar-refractivity contribution in [3.63, 3.8) is 0 Å². The summed E-state index contributed by atoms with van der Waals surface area (Å²) in [6, 6.07) is 7.93. The van der Waals surface area contributed by atoms with E-state index in [0.29, 0.717) is 0 Å². The second-order valence-electron chi connectivity index (χ2n) is 2.69. The Balaban J connectivity index is 0.000000845. The smallest absolute Gasteiger partial charge is 0.354 e. The van der Waals surface area contributed by atoms with Gasteiger partial charge in [-0.3, -0.25) is 0 Å². The van der Waals surface area contributed by atoms with Gasteiger partial charge in [0, 0.05) is 0 Å². The second-order valence-corrected chi connectivity index (χ2v) is 2.69. The molecule has 0 amide bonds. The van der Waals surface area contributed by atoms with Crippen molar-refractivity contribution >= 4 is 0 Å². The molecule has 0 aliphatic rings. The van der Waals surface area contributed by atoms with Crippen molar-refractivity contribution in [2.24, 2.45) is 0 Å². The van der Waals surface area contributed by atoms with E-state index < -0.39 is 0 Å².